The van der Waals surface area contributed by atoms with Crippen molar-refractivity contribution in [3.63, 3.8) is 0 Å². The van der Waals surface area contributed by atoms with Gasteiger partial charge < -0.3 is 9.80 Å². The normalized spacial score (nSPS) is 28.9. The lowest BCUT2D eigenvalue weighted by molar-refractivity contribution is -0.158. The van der Waals surface area contributed by atoms with E-state index in [0.29, 0.717) is 43.5 Å². The number of hydrogen-bond acceptors (Lipinski definition) is 4. The van der Waals surface area contributed by atoms with Crippen LogP contribution in [0.3, 0.4) is 0 Å². The second kappa shape index (κ2) is 9.23. The van der Waals surface area contributed by atoms with Crippen LogP contribution in [0.1, 0.15) is 75.1 Å². The minimum atomic E-state index is -4.38. The van der Waals surface area contributed by atoms with Crippen LogP contribution in [0.25, 0.3) is 11.4 Å². The van der Waals surface area contributed by atoms with Crippen LogP contribution < -0.4 is 4.90 Å². The van der Waals surface area contributed by atoms with Crippen LogP contribution in [0.2, 0.25) is 0 Å². The van der Waals surface area contributed by atoms with Crippen LogP contribution in [-0.4, -0.2) is 47.0 Å². The first kappa shape index (κ1) is 25.6. The lowest BCUT2D eigenvalue weighted by atomic mass is 9.49. The molecule has 2 aromatic rings. The summed E-state index contributed by atoms with van der Waals surface area (Å²) in [6.07, 6.45) is 2.84. The predicted molar refractivity (Wildman–Crippen MR) is 141 cm³/mol. The molecule has 8 heteroatoms. The highest BCUT2D eigenvalue weighted by molar-refractivity contribution is 5.83. The Labute approximate surface area is 222 Å². The zero-order valence-corrected chi connectivity index (χ0v) is 22.5. The highest BCUT2D eigenvalue weighted by atomic mass is 19.4. The fourth-order valence-corrected chi connectivity index (χ4v) is 8.25. The van der Waals surface area contributed by atoms with Crippen molar-refractivity contribution in [1.82, 2.24) is 14.9 Å². The molecule has 0 N–H and O–H groups in total. The number of benzene rings is 1. The fraction of sp³-hybridized carbons (Fsp3) is 0.633. The minimum absolute atomic E-state index is 0.124. The Morgan fingerprint density at radius 3 is 1.97 bits per heavy atom. The van der Waals surface area contributed by atoms with Crippen molar-refractivity contribution in [2.24, 2.45) is 23.2 Å². The molecule has 1 aromatic carbocycles. The highest BCUT2D eigenvalue weighted by Crippen LogP contribution is 2.60. The first-order chi connectivity index (χ1) is 18.0. The van der Waals surface area contributed by atoms with Gasteiger partial charge in [0.05, 0.1) is 11.0 Å². The van der Waals surface area contributed by atoms with Crippen LogP contribution in [-0.2, 0) is 11.0 Å². The van der Waals surface area contributed by atoms with Crippen molar-refractivity contribution < 1.29 is 18.0 Å². The predicted octanol–water partition coefficient (Wildman–Crippen LogP) is 6.46. The second-order valence-electron chi connectivity index (χ2n) is 12.6. The van der Waals surface area contributed by atoms with Crippen LogP contribution in [0.5, 0.6) is 0 Å². The molecule has 0 atom stereocenters. The number of halogens is 3. The molecule has 204 valence electrons. The number of amides is 1. The Morgan fingerprint density at radius 2 is 1.47 bits per heavy atom. The maximum absolute atomic E-state index is 13.9. The highest BCUT2D eigenvalue weighted by Gasteiger charge is 2.55. The largest absolute Gasteiger partial charge is 0.416 e. The zero-order valence-electron chi connectivity index (χ0n) is 22.5. The van der Waals surface area contributed by atoms with Gasteiger partial charge in [-0.25, -0.2) is 9.97 Å². The van der Waals surface area contributed by atoms with Gasteiger partial charge >= 0.3 is 6.18 Å². The van der Waals surface area contributed by atoms with Crippen molar-refractivity contribution in [2.75, 3.05) is 31.1 Å². The van der Waals surface area contributed by atoms with E-state index in [2.05, 4.69) is 28.6 Å². The smallest absolute Gasteiger partial charge is 0.353 e. The number of aryl methyl sites for hydroxylation is 1. The molecule has 5 aliphatic rings. The molecule has 1 amide bonds. The Balaban J connectivity index is 1.22. The first-order valence-corrected chi connectivity index (χ1v) is 14.1. The summed E-state index contributed by atoms with van der Waals surface area (Å²) in [4.78, 5) is 27.8. The molecule has 0 spiro atoms. The molecule has 1 aliphatic heterocycles. The number of rotatable bonds is 4. The Hall–Kier alpha value is -2.64. The molecule has 1 aromatic heterocycles. The van der Waals surface area contributed by atoms with Gasteiger partial charge in [-0.05, 0) is 81.3 Å². The van der Waals surface area contributed by atoms with Crippen molar-refractivity contribution in [1.29, 1.82) is 0 Å². The van der Waals surface area contributed by atoms with E-state index in [1.807, 2.05) is 6.92 Å². The Morgan fingerprint density at radius 1 is 0.921 bits per heavy atom. The third-order valence-corrected chi connectivity index (χ3v) is 9.52. The van der Waals surface area contributed by atoms with Crippen molar-refractivity contribution >= 4 is 11.7 Å². The number of nitrogens with zero attached hydrogens (tertiary/aromatic N) is 4. The molecule has 4 bridgehead atoms. The molecule has 0 radical (unpaired) electrons. The van der Waals surface area contributed by atoms with Crippen LogP contribution >= 0.6 is 0 Å². The SMILES string of the molecule is Cc1nc(-c2ccc(C(F)(F)F)cc2)nc(N2CCN(C(=O)C34CC5CC(CC(C5)C3)C4)CC2)c1C(C)C. The van der Waals surface area contributed by atoms with Gasteiger partial charge in [-0.2, -0.15) is 13.2 Å². The van der Waals surface area contributed by atoms with Crippen molar-refractivity contribution in [3.8, 4) is 11.4 Å². The van der Waals surface area contributed by atoms with Gasteiger partial charge in [0.15, 0.2) is 5.82 Å². The van der Waals surface area contributed by atoms with E-state index in [1.54, 1.807) is 0 Å². The zero-order chi connectivity index (χ0) is 26.8. The van der Waals surface area contributed by atoms with Crippen molar-refractivity contribution in [3.05, 3.63) is 41.1 Å². The Kier molecular flexibility index (Phi) is 6.23. The van der Waals surface area contributed by atoms with Gasteiger partial charge in [-0.15, -0.1) is 0 Å². The summed E-state index contributed by atoms with van der Waals surface area (Å²) < 4.78 is 39.2. The summed E-state index contributed by atoms with van der Waals surface area (Å²) in [5.41, 5.74) is 1.65. The number of carbonyl (C=O) groups excluding carboxylic acids is 1. The lowest BCUT2D eigenvalue weighted by Gasteiger charge is -2.57. The average Bonchev–Trinajstić information content (AvgIpc) is 2.86. The van der Waals surface area contributed by atoms with Crippen LogP contribution in [0.15, 0.2) is 24.3 Å². The van der Waals surface area contributed by atoms with E-state index in [0.717, 1.165) is 66.2 Å². The molecule has 7 rings (SSSR count). The quantitative estimate of drug-likeness (QED) is 0.459. The average molecular weight is 527 g/mol. The molecular weight excluding hydrogens is 489 g/mol. The third-order valence-electron chi connectivity index (χ3n) is 9.52. The van der Waals surface area contributed by atoms with E-state index in [9.17, 15) is 18.0 Å². The lowest BCUT2D eigenvalue weighted by Crippen LogP contribution is -2.58. The molecule has 38 heavy (non-hydrogen) atoms. The maximum atomic E-state index is 13.9. The molecule has 4 saturated carbocycles. The topological polar surface area (TPSA) is 49.3 Å². The molecule has 4 aliphatic carbocycles. The summed E-state index contributed by atoms with van der Waals surface area (Å²) in [6.45, 7) is 8.91. The van der Waals surface area contributed by atoms with E-state index in [4.69, 9.17) is 4.98 Å². The number of aromatic nitrogens is 2. The van der Waals surface area contributed by atoms with Gasteiger partial charge in [-0.1, -0.05) is 26.0 Å². The summed E-state index contributed by atoms with van der Waals surface area (Å²) in [6, 6.07) is 5.05. The number of hydrogen-bond donors (Lipinski definition) is 0. The summed E-state index contributed by atoms with van der Waals surface area (Å²) in [5, 5.41) is 0. The van der Waals surface area contributed by atoms with Crippen LogP contribution in [0.4, 0.5) is 19.0 Å². The first-order valence-electron chi connectivity index (χ1n) is 14.1. The van der Waals surface area contributed by atoms with E-state index >= 15 is 0 Å². The number of alkyl halides is 3. The van der Waals surface area contributed by atoms with Gasteiger partial charge in [-0.3, -0.25) is 4.79 Å². The van der Waals surface area contributed by atoms with Gasteiger partial charge in [0.25, 0.3) is 0 Å². The van der Waals surface area contributed by atoms with Gasteiger partial charge in [0.2, 0.25) is 5.91 Å². The van der Waals surface area contributed by atoms with Gasteiger partial charge in [0.1, 0.15) is 5.82 Å². The fourth-order valence-electron chi connectivity index (χ4n) is 8.25. The maximum Gasteiger partial charge on any atom is 0.416 e. The monoisotopic (exact) mass is 526 g/mol. The minimum Gasteiger partial charge on any atom is -0.353 e. The summed E-state index contributed by atoms with van der Waals surface area (Å²) in [5.74, 6) is 4.07. The number of carbonyl (C=O) groups is 1. The van der Waals surface area contributed by atoms with E-state index in [1.165, 1.54) is 31.4 Å². The summed E-state index contributed by atoms with van der Waals surface area (Å²) in [7, 11) is 0. The molecule has 0 unspecified atom stereocenters. The number of anilines is 1. The number of piperazine rings is 1. The van der Waals surface area contributed by atoms with Gasteiger partial charge in [0, 0.05) is 43.0 Å². The third kappa shape index (κ3) is 4.47. The van der Waals surface area contributed by atoms with Crippen LogP contribution in [0, 0.1) is 30.1 Å². The van der Waals surface area contributed by atoms with E-state index in [-0.39, 0.29) is 11.3 Å². The van der Waals surface area contributed by atoms with Crippen molar-refractivity contribution in [2.45, 2.75) is 71.4 Å². The molecule has 5 fully saturated rings. The molecule has 1 saturated heterocycles. The standard InChI is InChI=1S/C30H37F3N4O/c1-18(2)25-19(3)34-26(23-4-6-24(7-5-23)30(31,32)33)35-27(25)36-8-10-37(11-9-36)28(38)29-15-20-12-21(16-29)14-22(13-20)17-29/h4-7,18,20-22H,8-17H2,1-3H3. The Bertz CT molecular complexity index is 1180. The molecule has 2 heterocycles. The second-order valence-corrected chi connectivity index (χ2v) is 12.6. The van der Waals surface area contributed by atoms with E-state index < -0.39 is 11.7 Å². The molecule has 5 nitrogen and oxygen atoms in total. The summed E-state index contributed by atoms with van der Waals surface area (Å²) >= 11 is 0. The molecular formula is C30H37F3N4O.